The molecule has 102 valence electrons. The van der Waals surface area contributed by atoms with E-state index in [9.17, 15) is 4.79 Å². The number of amides is 1. The van der Waals surface area contributed by atoms with Gasteiger partial charge in [0.15, 0.2) is 0 Å². The third-order valence-electron chi connectivity index (χ3n) is 3.08. The maximum atomic E-state index is 10.9. The van der Waals surface area contributed by atoms with E-state index in [0.29, 0.717) is 0 Å². The molecule has 1 fully saturated rings. The number of likely N-dealkylation sites (N-methyl/N-ethyl adjacent to an activating group) is 1. The molecule has 1 aliphatic rings. The average molecular weight is 260 g/mol. The topological polar surface area (TPSA) is 47.9 Å². The van der Waals surface area contributed by atoms with Gasteiger partial charge in [-0.15, -0.1) is 0 Å². The molecule has 1 amide bonds. The van der Waals surface area contributed by atoms with E-state index in [2.05, 4.69) is 27.4 Å². The summed E-state index contributed by atoms with van der Waals surface area (Å²) >= 11 is 0. The number of carbonyl (C=O) groups excluding carboxylic acids is 1. The van der Waals surface area contributed by atoms with Crippen LogP contribution in [0.4, 0.5) is 5.69 Å². The number of carbonyl (C=O) groups is 1. The van der Waals surface area contributed by atoms with E-state index in [1.165, 1.54) is 6.92 Å². The van der Waals surface area contributed by atoms with Crippen molar-refractivity contribution in [3.63, 3.8) is 0 Å². The molecule has 1 N–H and O–H groups in total. The zero-order valence-electron chi connectivity index (χ0n) is 11.5. The second-order valence-electron chi connectivity index (χ2n) is 4.80. The van der Waals surface area contributed by atoms with Crippen molar-refractivity contribution in [3.05, 3.63) is 29.8 Å². The number of hydrogen-bond donors (Lipinski definition) is 1. The largest absolute Gasteiger partial charge is 0.326 e. The molecule has 0 atom stereocenters. The summed E-state index contributed by atoms with van der Waals surface area (Å²) in [7, 11) is 2.13. The van der Waals surface area contributed by atoms with Gasteiger partial charge in [-0.3, -0.25) is 9.80 Å². The van der Waals surface area contributed by atoms with Crippen LogP contribution < -0.4 is 5.32 Å². The Labute approximate surface area is 113 Å². The van der Waals surface area contributed by atoms with Crippen LogP contribution >= 0.6 is 0 Å². The number of anilines is 1. The molecule has 5 heteroatoms. The van der Waals surface area contributed by atoms with Gasteiger partial charge in [0.05, 0.1) is 6.21 Å². The van der Waals surface area contributed by atoms with Crippen LogP contribution in [0.15, 0.2) is 29.4 Å². The first kappa shape index (κ1) is 13.5. The van der Waals surface area contributed by atoms with Crippen LogP contribution in [0.1, 0.15) is 12.5 Å². The fraction of sp³-hybridized carbons (Fsp3) is 0.429. The standard InChI is InChI=1S/C14H20N4O/c1-12(19)16-14-5-3-13(4-6-14)11-15-18-9-7-17(2)8-10-18/h3-6,11H,7-10H2,1-2H3,(H,16,19)/b15-11+. The Morgan fingerprint density at radius 3 is 2.42 bits per heavy atom. The summed E-state index contributed by atoms with van der Waals surface area (Å²) in [6, 6.07) is 7.66. The molecular formula is C14H20N4O. The SMILES string of the molecule is CC(=O)Nc1ccc(/C=N/N2CCN(C)CC2)cc1. The Hall–Kier alpha value is -1.88. The van der Waals surface area contributed by atoms with Gasteiger partial charge in [-0.2, -0.15) is 5.10 Å². The number of hydrazone groups is 1. The van der Waals surface area contributed by atoms with E-state index in [-0.39, 0.29) is 5.91 Å². The Kier molecular flexibility index (Phi) is 4.52. The summed E-state index contributed by atoms with van der Waals surface area (Å²) in [5, 5.41) is 9.30. The lowest BCUT2D eigenvalue weighted by atomic mass is 10.2. The maximum Gasteiger partial charge on any atom is 0.221 e. The summed E-state index contributed by atoms with van der Waals surface area (Å²) < 4.78 is 0. The van der Waals surface area contributed by atoms with Gasteiger partial charge < -0.3 is 10.2 Å². The minimum atomic E-state index is -0.0566. The number of nitrogens with zero attached hydrogens (tertiary/aromatic N) is 3. The predicted molar refractivity (Wildman–Crippen MR) is 77.4 cm³/mol. The lowest BCUT2D eigenvalue weighted by molar-refractivity contribution is -0.114. The van der Waals surface area contributed by atoms with Crippen LogP contribution in [0.5, 0.6) is 0 Å². The first-order valence-electron chi connectivity index (χ1n) is 6.48. The van der Waals surface area contributed by atoms with Crippen molar-refractivity contribution in [1.29, 1.82) is 0 Å². The molecule has 0 saturated carbocycles. The van der Waals surface area contributed by atoms with E-state index < -0.39 is 0 Å². The van der Waals surface area contributed by atoms with Gasteiger partial charge in [-0.1, -0.05) is 12.1 Å². The van der Waals surface area contributed by atoms with Crippen molar-refractivity contribution in [1.82, 2.24) is 9.91 Å². The zero-order chi connectivity index (χ0) is 13.7. The molecule has 1 aromatic carbocycles. The maximum absolute atomic E-state index is 10.9. The van der Waals surface area contributed by atoms with Crippen LogP contribution in [0.2, 0.25) is 0 Å². The van der Waals surface area contributed by atoms with Crippen LogP contribution in [0.3, 0.4) is 0 Å². The number of piperazine rings is 1. The van der Waals surface area contributed by atoms with Gasteiger partial charge in [0, 0.05) is 38.8 Å². The molecule has 0 radical (unpaired) electrons. The lowest BCUT2D eigenvalue weighted by Gasteiger charge is -2.30. The van der Waals surface area contributed by atoms with Crippen molar-refractivity contribution in [2.75, 3.05) is 38.5 Å². The highest BCUT2D eigenvalue weighted by Gasteiger charge is 2.10. The fourth-order valence-electron chi connectivity index (χ4n) is 1.92. The van der Waals surface area contributed by atoms with E-state index >= 15 is 0 Å². The molecule has 5 nitrogen and oxygen atoms in total. The number of nitrogens with one attached hydrogen (secondary N) is 1. The average Bonchev–Trinajstić information content (AvgIpc) is 2.39. The molecule has 0 aliphatic carbocycles. The first-order chi connectivity index (χ1) is 9.13. The predicted octanol–water partition coefficient (Wildman–Crippen LogP) is 1.23. The molecule has 1 aliphatic heterocycles. The van der Waals surface area contributed by atoms with Crippen molar-refractivity contribution in [2.24, 2.45) is 5.10 Å². The number of benzene rings is 1. The third-order valence-corrected chi connectivity index (χ3v) is 3.08. The molecular weight excluding hydrogens is 240 g/mol. The van der Waals surface area contributed by atoms with E-state index in [1.54, 1.807) is 0 Å². The summed E-state index contributed by atoms with van der Waals surface area (Å²) in [5.41, 5.74) is 1.84. The Morgan fingerprint density at radius 2 is 1.84 bits per heavy atom. The molecule has 1 heterocycles. The Balaban J connectivity index is 1.90. The minimum absolute atomic E-state index is 0.0566. The second-order valence-corrected chi connectivity index (χ2v) is 4.80. The van der Waals surface area contributed by atoms with Crippen LogP contribution in [-0.2, 0) is 4.79 Å². The monoisotopic (exact) mass is 260 g/mol. The molecule has 1 aromatic rings. The van der Waals surface area contributed by atoms with E-state index in [1.807, 2.05) is 30.5 Å². The highest BCUT2D eigenvalue weighted by Crippen LogP contribution is 2.08. The molecule has 0 bridgehead atoms. The second kappa shape index (κ2) is 6.33. The van der Waals surface area contributed by atoms with Gasteiger partial charge in [0.2, 0.25) is 5.91 Å². The summed E-state index contributed by atoms with van der Waals surface area (Å²) in [5.74, 6) is -0.0566. The quantitative estimate of drug-likeness (QED) is 0.831. The molecule has 1 saturated heterocycles. The minimum Gasteiger partial charge on any atom is -0.326 e. The van der Waals surface area contributed by atoms with E-state index in [0.717, 1.165) is 37.4 Å². The summed E-state index contributed by atoms with van der Waals surface area (Å²) in [6.07, 6.45) is 1.86. The van der Waals surface area contributed by atoms with Gasteiger partial charge in [0.1, 0.15) is 0 Å². The smallest absolute Gasteiger partial charge is 0.221 e. The van der Waals surface area contributed by atoms with Crippen molar-refractivity contribution >= 4 is 17.8 Å². The summed E-state index contributed by atoms with van der Waals surface area (Å²) in [4.78, 5) is 13.2. The van der Waals surface area contributed by atoms with Gasteiger partial charge in [0.25, 0.3) is 0 Å². The summed E-state index contributed by atoms with van der Waals surface area (Å²) in [6.45, 7) is 5.55. The number of rotatable bonds is 3. The lowest BCUT2D eigenvalue weighted by Crippen LogP contribution is -2.41. The van der Waals surface area contributed by atoms with Crippen molar-refractivity contribution in [2.45, 2.75) is 6.92 Å². The third kappa shape index (κ3) is 4.37. The Morgan fingerprint density at radius 1 is 1.21 bits per heavy atom. The van der Waals surface area contributed by atoms with Crippen molar-refractivity contribution in [3.8, 4) is 0 Å². The number of hydrogen-bond acceptors (Lipinski definition) is 4. The molecule has 19 heavy (non-hydrogen) atoms. The van der Waals surface area contributed by atoms with Gasteiger partial charge in [-0.05, 0) is 24.7 Å². The van der Waals surface area contributed by atoms with Crippen molar-refractivity contribution < 1.29 is 4.79 Å². The van der Waals surface area contributed by atoms with Gasteiger partial charge in [-0.25, -0.2) is 0 Å². The highest BCUT2D eigenvalue weighted by molar-refractivity contribution is 5.89. The zero-order valence-corrected chi connectivity index (χ0v) is 11.5. The van der Waals surface area contributed by atoms with Crippen LogP contribution in [0.25, 0.3) is 0 Å². The van der Waals surface area contributed by atoms with Crippen LogP contribution in [-0.4, -0.2) is 55.3 Å². The Bertz CT molecular complexity index is 447. The molecule has 0 spiro atoms. The van der Waals surface area contributed by atoms with E-state index in [4.69, 9.17) is 0 Å². The first-order valence-corrected chi connectivity index (χ1v) is 6.48. The highest BCUT2D eigenvalue weighted by atomic mass is 16.1. The fourth-order valence-corrected chi connectivity index (χ4v) is 1.92. The normalized spacial score (nSPS) is 16.8. The molecule has 2 rings (SSSR count). The molecule has 0 aromatic heterocycles. The molecule has 0 unspecified atom stereocenters. The van der Waals surface area contributed by atoms with Crippen LogP contribution in [0, 0.1) is 0 Å². The van der Waals surface area contributed by atoms with Gasteiger partial charge >= 0.3 is 0 Å².